The molecule has 0 aromatic heterocycles. The van der Waals surface area contributed by atoms with E-state index >= 15 is 0 Å². The minimum Gasteiger partial charge on any atom is -0.449 e. The van der Waals surface area contributed by atoms with Gasteiger partial charge >= 0.3 is 17.2 Å². The van der Waals surface area contributed by atoms with Crippen molar-refractivity contribution in [3.05, 3.63) is 217 Å². The Morgan fingerprint density at radius 2 is 0.597 bits per heavy atom. The van der Waals surface area contributed by atoms with E-state index in [0.29, 0.717) is 52.4 Å². The summed E-state index contributed by atoms with van der Waals surface area (Å²) in [6, 6.07) is 68.2. The van der Waals surface area contributed by atoms with Crippen LogP contribution in [0.25, 0.3) is 43.1 Å². The van der Waals surface area contributed by atoms with Gasteiger partial charge in [0.25, 0.3) is 0 Å². The second-order valence-electron chi connectivity index (χ2n) is 14.8. The molecule has 0 radical (unpaired) electrons. The van der Waals surface area contributed by atoms with Crippen molar-refractivity contribution in [2.24, 2.45) is 0 Å². The molecule has 9 heteroatoms. The van der Waals surface area contributed by atoms with Crippen LogP contribution in [0.5, 0.6) is 46.0 Å². The maximum Gasteiger partial charge on any atom is 0.530 e. The maximum absolute atomic E-state index is 6.82. The Hall–Kier alpha value is -7.30. The van der Waals surface area contributed by atoms with Gasteiger partial charge in [-0.2, -0.15) is 0 Å². The second kappa shape index (κ2) is 16.6. The van der Waals surface area contributed by atoms with Crippen LogP contribution >= 0.6 is 17.2 Å². The van der Waals surface area contributed by atoms with Crippen LogP contribution in [0.3, 0.4) is 0 Å². The molecule has 0 aliphatic carbocycles. The fourth-order valence-corrected chi connectivity index (χ4v) is 9.57. The maximum atomic E-state index is 6.82. The van der Waals surface area contributed by atoms with Crippen molar-refractivity contribution >= 4 is 60.3 Å². The Balaban J connectivity index is 0.910. The molecule has 0 spiro atoms. The van der Waals surface area contributed by atoms with Crippen LogP contribution in [0.1, 0.15) is 11.1 Å². The summed E-state index contributed by atoms with van der Waals surface area (Å²) in [5, 5.41) is 8.62. The number of fused-ring (bicyclic) bond motifs is 6. The lowest BCUT2D eigenvalue weighted by atomic mass is 10.00. The van der Waals surface area contributed by atoms with Gasteiger partial charge in [-0.1, -0.05) is 146 Å². The summed E-state index contributed by atoms with van der Waals surface area (Å²) in [4.78, 5) is 0. The molecule has 10 aromatic rings. The minimum atomic E-state index is -2.04. The standard InChI is InChI=1S/C53H36O7P2/c1-5-15-40-32-46(27-23-36(40)11-1)55-61(56-47-28-24-37-12-2-6-16-41(37)33-47)59-50-21-9-19-44-31-45-20-10-22-51(53(45)54-52(44)50)60-62(57-48-29-25-38-13-3-7-17-42(38)34-48)58-49-30-26-39-14-4-8-18-43(39)35-49/h1-30,32-35H,31H2. The third-order valence-electron chi connectivity index (χ3n) is 10.7. The van der Waals surface area contributed by atoms with Gasteiger partial charge in [0, 0.05) is 17.5 Å². The van der Waals surface area contributed by atoms with Crippen LogP contribution in [0.2, 0.25) is 0 Å². The number of para-hydroxylation sites is 2. The van der Waals surface area contributed by atoms with Crippen molar-refractivity contribution in [2.75, 3.05) is 0 Å². The first kappa shape index (κ1) is 37.7. The molecule has 62 heavy (non-hydrogen) atoms. The largest absolute Gasteiger partial charge is 0.530 e. The van der Waals surface area contributed by atoms with Gasteiger partial charge in [0.05, 0.1) is 0 Å². The van der Waals surface area contributed by atoms with Crippen LogP contribution in [0, 0.1) is 0 Å². The lowest BCUT2D eigenvalue weighted by Gasteiger charge is -2.26. The smallest absolute Gasteiger partial charge is 0.449 e. The van der Waals surface area contributed by atoms with E-state index < -0.39 is 17.2 Å². The molecular weight excluding hydrogens is 811 g/mol. The average Bonchev–Trinajstić information content (AvgIpc) is 3.31. The molecule has 10 aromatic carbocycles. The van der Waals surface area contributed by atoms with E-state index in [1.54, 1.807) is 0 Å². The highest BCUT2D eigenvalue weighted by atomic mass is 31.2. The molecule has 1 heterocycles. The molecule has 0 amide bonds. The molecule has 7 nitrogen and oxygen atoms in total. The van der Waals surface area contributed by atoms with Crippen LogP contribution in [-0.2, 0) is 6.42 Å². The summed E-state index contributed by atoms with van der Waals surface area (Å²) < 4.78 is 46.5. The highest BCUT2D eigenvalue weighted by Crippen LogP contribution is 2.53. The Labute approximate surface area is 360 Å². The van der Waals surface area contributed by atoms with Gasteiger partial charge < -0.3 is 31.9 Å². The number of ether oxygens (including phenoxy) is 1. The Kier molecular flexibility index (Phi) is 10.1. The molecule has 300 valence electrons. The van der Waals surface area contributed by atoms with Crippen LogP contribution < -0.4 is 31.9 Å². The lowest BCUT2D eigenvalue weighted by molar-refractivity contribution is 0.358. The van der Waals surface area contributed by atoms with Gasteiger partial charge in [-0.3, -0.25) is 0 Å². The van der Waals surface area contributed by atoms with Crippen LogP contribution in [-0.4, -0.2) is 0 Å². The first-order valence-electron chi connectivity index (χ1n) is 20.2. The molecule has 0 atom stereocenters. The summed E-state index contributed by atoms with van der Waals surface area (Å²) in [5.74, 6) is 4.51. The monoisotopic (exact) mass is 846 g/mol. The highest BCUT2D eigenvalue weighted by molar-refractivity contribution is 7.43. The van der Waals surface area contributed by atoms with Crippen LogP contribution in [0.15, 0.2) is 206 Å². The van der Waals surface area contributed by atoms with Gasteiger partial charge in [-0.15, -0.1) is 0 Å². The van der Waals surface area contributed by atoms with Gasteiger partial charge in [0.2, 0.25) is 0 Å². The molecule has 0 bridgehead atoms. The zero-order chi connectivity index (χ0) is 41.2. The van der Waals surface area contributed by atoms with E-state index in [9.17, 15) is 0 Å². The van der Waals surface area contributed by atoms with E-state index in [2.05, 4.69) is 48.5 Å². The summed E-state index contributed by atoms with van der Waals surface area (Å²) in [7, 11) is -4.07. The zero-order valence-corrected chi connectivity index (χ0v) is 34.9. The topological polar surface area (TPSA) is 64.6 Å². The highest BCUT2D eigenvalue weighted by Gasteiger charge is 2.30. The third-order valence-corrected chi connectivity index (χ3v) is 12.8. The van der Waals surface area contributed by atoms with Gasteiger partial charge in [-0.05, 0) is 104 Å². The van der Waals surface area contributed by atoms with Crippen molar-refractivity contribution < 1.29 is 31.9 Å². The summed E-state index contributed by atoms with van der Waals surface area (Å²) in [5.41, 5.74) is 1.89. The molecule has 0 unspecified atom stereocenters. The molecule has 0 saturated carbocycles. The first-order valence-corrected chi connectivity index (χ1v) is 22.4. The summed E-state index contributed by atoms with van der Waals surface area (Å²) >= 11 is 0. The quantitative estimate of drug-likeness (QED) is 0.113. The SMILES string of the molecule is c1cc2c(c(OP(Oc3ccc4ccccc4c3)Oc3ccc4ccccc4c3)c1)Oc1c(cccc1OP(Oc1ccc3ccccc3c1)Oc1ccc3ccccc3c1)C2. The van der Waals surface area contributed by atoms with Gasteiger partial charge in [0.15, 0.2) is 23.0 Å². The molecule has 0 N–H and O–H groups in total. The van der Waals surface area contributed by atoms with Gasteiger partial charge in [0.1, 0.15) is 23.0 Å². The molecule has 0 saturated heterocycles. The van der Waals surface area contributed by atoms with E-state index in [1.165, 1.54) is 0 Å². The van der Waals surface area contributed by atoms with Crippen molar-refractivity contribution in [1.82, 2.24) is 0 Å². The Bertz CT molecular complexity index is 2890. The fraction of sp³-hybridized carbons (Fsp3) is 0.0189. The second-order valence-corrected chi connectivity index (χ2v) is 16.8. The van der Waals surface area contributed by atoms with Crippen molar-refractivity contribution in [3.8, 4) is 46.0 Å². The van der Waals surface area contributed by atoms with Crippen LogP contribution in [0.4, 0.5) is 0 Å². The number of hydrogen-bond donors (Lipinski definition) is 0. The number of rotatable bonds is 12. The first-order chi connectivity index (χ1) is 30.6. The normalized spacial score (nSPS) is 11.9. The predicted octanol–water partition coefficient (Wildman–Crippen LogP) is 15.5. The Morgan fingerprint density at radius 1 is 0.290 bits per heavy atom. The summed E-state index contributed by atoms with van der Waals surface area (Å²) in [6.07, 6.45) is 0.572. The zero-order valence-electron chi connectivity index (χ0n) is 33.1. The molecule has 0 fully saturated rings. The van der Waals surface area contributed by atoms with Gasteiger partial charge in [-0.25, -0.2) is 0 Å². The molecule has 11 rings (SSSR count). The number of benzene rings is 10. The van der Waals surface area contributed by atoms with Crippen molar-refractivity contribution in [1.29, 1.82) is 0 Å². The predicted molar refractivity (Wildman–Crippen MR) is 249 cm³/mol. The van der Waals surface area contributed by atoms with E-state index in [4.69, 9.17) is 31.9 Å². The van der Waals surface area contributed by atoms with Crippen molar-refractivity contribution in [3.63, 3.8) is 0 Å². The average molecular weight is 847 g/mol. The van der Waals surface area contributed by atoms with E-state index in [0.717, 1.165) is 54.2 Å². The third kappa shape index (κ3) is 8.00. The van der Waals surface area contributed by atoms with E-state index in [1.807, 2.05) is 158 Å². The lowest BCUT2D eigenvalue weighted by Crippen LogP contribution is -2.09. The fourth-order valence-electron chi connectivity index (χ4n) is 7.60. The number of hydrogen-bond acceptors (Lipinski definition) is 7. The summed E-state index contributed by atoms with van der Waals surface area (Å²) in [6.45, 7) is 0. The minimum absolute atomic E-state index is 0.470. The Morgan fingerprint density at radius 3 is 0.919 bits per heavy atom. The molecule has 1 aliphatic heterocycles. The molecular formula is C53H36O7P2. The molecule has 1 aliphatic rings. The van der Waals surface area contributed by atoms with Crippen molar-refractivity contribution in [2.45, 2.75) is 6.42 Å². The van der Waals surface area contributed by atoms with E-state index in [-0.39, 0.29) is 0 Å².